The maximum absolute atomic E-state index is 13.2. The van der Waals surface area contributed by atoms with Crippen molar-refractivity contribution in [3.63, 3.8) is 0 Å². The molecule has 0 fully saturated rings. The van der Waals surface area contributed by atoms with Gasteiger partial charge in [0, 0.05) is 0 Å². The van der Waals surface area contributed by atoms with Crippen LogP contribution < -0.4 is 4.72 Å². The molecule has 3 nitrogen and oxygen atoms in total. The Morgan fingerprint density at radius 2 is 1.59 bits per heavy atom. The van der Waals surface area contributed by atoms with Gasteiger partial charge in [-0.25, -0.2) is 17.2 Å². The zero-order valence-corrected chi connectivity index (χ0v) is 11.5. The Kier molecular flexibility index (Phi) is 4.10. The molecule has 0 aliphatic rings. The maximum Gasteiger partial charge on any atom is 0.416 e. The molecule has 0 atom stereocenters. The summed E-state index contributed by atoms with van der Waals surface area (Å²) in [5, 5.41) is 0. The van der Waals surface area contributed by atoms with E-state index in [1.165, 1.54) is 0 Å². The van der Waals surface area contributed by atoms with Gasteiger partial charge in [0.05, 0.1) is 16.1 Å². The fourth-order valence-corrected chi connectivity index (χ4v) is 2.73. The molecule has 0 radical (unpaired) electrons. The van der Waals surface area contributed by atoms with E-state index in [9.17, 15) is 30.4 Å². The lowest BCUT2D eigenvalue weighted by molar-refractivity contribution is -0.137. The van der Waals surface area contributed by atoms with E-state index in [2.05, 4.69) is 0 Å². The van der Waals surface area contributed by atoms with Crippen molar-refractivity contribution < 1.29 is 30.4 Å². The van der Waals surface area contributed by atoms with Gasteiger partial charge in [0.1, 0.15) is 11.6 Å². The first-order valence-electron chi connectivity index (χ1n) is 5.74. The lowest BCUT2D eigenvalue weighted by atomic mass is 10.2. The highest BCUT2D eigenvalue weighted by atomic mass is 32.2. The number of halogens is 5. The molecule has 0 bridgehead atoms. The number of alkyl halides is 3. The average Bonchev–Trinajstić information content (AvgIpc) is 2.36. The molecule has 0 unspecified atom stereocenters. The van der Waals surface area contributed by atoms with Crippen LogP contribution in [-0.4, -0.2) is 8.42 Å². The molecule has 0 amide bonds. The standard InChI is InChI=1S/C13H8F5NO2S/c14-9-2-1-3-12(7-9)22(20,21)19-11-5-8(13(16,17)18)4-10(15)6-11/h1-7,19H. The minimum atomic E-state index is -4.83. The van der Waals surface area contributed by atoms with Crippen LogP contribution in [0, 0.1) is 11.6 Å². The number of benzene rings is 2. The third-order valence-electron chi connectivity index (χ3n) is 2.58. The van der Waals surface area contributed by atoms with Crippen LogP contribution in [0.1, 0.15) is 5.56 Å². The highest BCUT2D eigenvalue weighted by Gasteiger charge is 2.31. The van der Waals surface area contributed by atoms with Gasteiger partial charge in [0.15, 0.2) is 0 Å². The first-order valence-corrected chi connectivity index (χ1v) is 7.22. The summed E-state index contributed by atoms with van der Waals surface area (Å²) < 4.78 is 89.6. The molecule has 0 aromatic heterocycles. The van der Waals surface area contributed by atoms with Gasteiger partial charge in [0.2, 0.25) is 0 Å². The van der Waals surface area contributed by atoms with Crippen molar-refractivity contribution in [3.05, 3.63) is 59.7 Å². The molecule has 0 spiro atoms. The minimum absolute atomic E-state index is 0.236. The maximum atomic E-state index is 13.2. The summed E-state index contributed by atoms with van der Waals surface area (Å²) in [6, 6.07) is 5.13. The topological polar surface area (TPSA) is 46.2 Å². The van der Waals surface area contributed by atoms with E-state index in [1.807, 2.05) is 0 Å². The molecule has 0 aliphatic heterocycles. The summed E-state index contributed by atoms with van der Waals surface area (Å²) in [6.07, 6.45) is -4.83. The highest BCUT2D eigenvalue weighted by molar-refractivity contribution is 7.92. The Balaban J connectivity index is 2.40. The average molecular weight is 337 g/mol. The van der Waals surface area contributed by atoms with Gasteiger partial charge in [-0.15, -0.1) is 0 Å². The van der Waals surface area contributed by atoms with E-state index in [0.29, 0.717) is 18.2 Å². The summed E-state index contributed by atoms with van der Waals surface area (Å²) in [4.78, 5) is -0.495. The number of sulfonamides is 1. The number of nitrogens with one attached hydrogen (secondary N) is 1. The van der Waals surface area contributed by atoms with E-state index in [0.717, 1.165) is 18.2 Å². The van der Waals surface area contributed by atoms with Crippen molar-refractivity contribution in [2.45, 2.75) is 11.1 Å². The van der Waals surface area contributed by atoms with Crippen LogP contribution in [0.2, 0.25) is 0 Å². The smallest absolute Gasteiger partial charge is 0.280 e. The molecule has 0 saturated carbocycles. The first-order chi connectivity index (χ1) is 10.1. The molecule has 1 N–H and O–H groups in total. The van der Waals surface area contributed by atoms with Crippen molar-refractivity contribution in [2.75, 3.05) is 4.72 Å². The third kappa shape index (κ3) is 3.73. The van der Waals surface area contributed by atoms with Gasteiger partial charge in [-0.3, -0.25) is 4.72 Å². The van der Waals surface area contributed by atoms with Crippen molar-refractivity contribution in [1.29, 1.82) is 0 Å². The first kappa shape index (κ1) is 16.2. The van der Waals surface area contributed by atoms with E-state index >= 15 is 0 Å². The van der Waals surface area contributed by atoms with Crippen molar-refractivity contribution in [1.82, 2.24) is 0 Å². The number of hydrogen-bond donors (Lipinski definition) is 1. The summed E-state index contributed by atoms with van der Waals surface area (Å²) in [5.74, 6) is -2.09. The van der Waals surface area contributed by atoms with E-state index in [4.69, 9.17) is 0 Å². The lowest BCUT2D eigenvalue weighted by Gasteiger charge is -2.12. The molecule has 22 heavy (non-hydrogen) atoms. The summed E-state index contributed by atoms with van der Waals surface area (Å²) >= 11 is 0. The van der Waals surface area contributed by atoms with Gasteiger partial charge >= 0.3 is 6.18 Å². The minimum Gasteiger partial charge on any atom is -0.280 e. The Hall–Kier alpha value is -2.16. The molecule has 118 valence electrons. The van der Waals surface area contributed by atoms with Crippen LogP contribution in [-0.2, 0) is 16.2 Å². The quantitative estimate of drug-likeness (QED) is 0.867. The molecule has 0 saturated heterocycles. The second-order valence-electron chi connectivity index (χ2n) is 4.29. The molecule has 2 aromatic rings. The number of hydrogen-bond acceptors (Lipinski definition) is 2. The highest BCUT2D eigenvalue weighted by Crippen LogP contribution is 2.32. The lowest BCUT2D eigenvalue weighted by Crippen LogP contribution is -2.14. The van der Waals surface area contributed by atoms with Gasteiger partial charge in [-0.1, -0.05) is 6.07 Å². The van der Waals surface area contributed by atoms with E-state index in [1.54, 1.807) is 4.72 Å². The molecular formula is C13H8F5NO2S. The van der Waals surface area contributed by atoms with Gasteiger partial charge < -0.3 is 0 Å². The Morgan fingerprint density at radius 1 is 0.909 bits per heavy atom. The molecule has 0 aliphatic carbocycles. The Labute approximate surface area is 122 Å². The predicted octanol–water partition coefficient (Wildman–Crippen LogP) is 3.78. The predicted molar refractivity (Wildman–Crippen MR) is 68.6 cm³/mol. The zero-order valence-electron chi connectivity index (χ0n) is 10.7. The summed E-state index contributed by atoms with van der Waals surface area (Å²) in [6.45, 7) is 0. The van der Waals surface area contributed by atoms with Crippen LogP contribution in [0.15, 0.2) is 47.4 Å². The fourth-order valence-electron chi connectivity index (χ4n) is 1.66. The van der Waals surface area contributed by atoms with Crippen molar-refractivity contribution in [3.8, 4) is 0 Å². The van der Waals surface area contributed by atoms with E-state index < -0.39 is 44.0 Å². The Morgan fingerprint density at radius 3 is 2.18 bits per heavy atom. The van der Waals surface area contributed by atoms with Crippen molar-refractivity contribution >= 4 is 15.7 Å². The molecule has 2 aromatic carbocycles. The van der Waals surface area contributed by atoms with Gasteiger partial charge in [-0.2, -0.15) is 13.2 Å². The molecule has 2 rings (SSSR count). The summed E-state index contributed by atoms with van der Waals surface area (Å²) in [7, 11) is -4.34. The molecule has 9 heteroatoms. The van der Waals surface area contributed by atoms with Gasteiger partial charge in [0.25, 0.3) is 10.0 Å². The number of rotatable bonds is 3. The van der Waals surface area contributed by atoms with E-state index in [-0.39, 0.29) is 6.07 Å². The summed E-state index contributed by atoms with van der Waals surface area (Å²) in [5.41, 5.74) is -1.96. The monoisotopic (exact) mass is 337 g/mol. The fraction of sp³-hybridized carbons (Fsp3) is 0.0769. The largest absolute Gasteiger partial charge is 0.416 e. The van der Waals surface area contributed by atoms with Crippen LogP contribution >= 0.6 is 0 Å². The second kappa shape index (κ2) is 5.56. The van der Waals surface area contributed by atoms with Crippen LogP contribution in [0.25, 0.3) is 0 Å². The molecular weight excluding hydrogens is 329 g/mol. The zero-order chi connectivity index (χ0) is 16.5. The molecule has 0 heterocycles. The Bertz CT molecular complexity index is 802. The normalized spacial score (nSPS) is 12.2. The van der Waals surface area contributed by atoms with Crippen LogP contribution in [0.3, 0.4) is 0 Å². The number of anilines is 1. The third-order valence-corrected chi connectivity index (χ3v) is 3.96. The van der Waals surface area contributed by atoms with Crippen LogP contribution in [0.5, 0.6) is 0 Å². The SMILES string of the molecule is O=S(=O)(Nc1cc(F)cc(C(F)(F)F)c1)c1cccc(F)c1. The van der Waals surface area contributed by atoms with Gasteiger partial charge in [-0.05, 0) is 36.4 Å². The second-order valence-corrected chi connectivity index (χ2v) is 5.97. The van der Waals surface area contributed by atoms with Crippen molar-refractivity contribution in [2.24, 2.45) is 0 Å². The van der Waals surface area contributed by atoms with Crippen LogP contribution in [0.4, 0.5) is 27.6 Å².